The van der Waals surface area contributed by atoms with Crippen LogP contribution in [0.25, 0.3) is 0 Å². The van der Waals surface area contributed by atoms with Crippen LogP contribution in [0.2, 0.25) is 5.15 Å². The van der Waals surface area contributed by atoms with Crippen molar-refractivity contribution in [3.63, 3.8) is 0 Å². The monoisotopic (exact) mass is 315 g/mol. The van der Waals surface area contributed by atoms with E-state index in [4.69, 9.17) is 11.6 Å². The highest BCUT2D eigenvalue weighted by molar-refractivity contribution is 6.45. The second kappa shape index (κ2) is 6.15. The van der Waals surface area contributed by atoms with E-state index in [0.717, 1.165) is 24.1 Å². The number of amides is 2. The second-order valence-corrected chi connectivity index (χ2v) is 5.34. The first-order valence-corrected chi connectivity index (χ1v) is 7.36. The van der Waals surface area contributed by atoms with E-state index in [9.17, 15) is 9.59 Å². The molecule has 1 aliphatic rings. The number of benzene rings is 1. The smallest absolute Gasteiger partial charge is 0.315 e. The summed E-state index contributed by atoms with van der Waals surface area (Å²) >= 11 is 5.89. The summed E-state index contributed by atoms with van der Waals surface area (Å²) in [4.78, 5) is 30.0. The Morgan fingerprint density at radius 3 is 2.82 bits per heavy atom. The molecule has 0 fully saturated rings. The largest absolute Gasteiger partial charge is 0.316 e. The van der Waals surface area contributed by atoms with Gasteiger partial charge in [-0.2, -0.15) is 0 Å². The van der Waals surface area contributed by atoms with Gasteiger partial charge >= 0.3 is 11.8 Å². The van der Waals surface area contributed by atoms with E-state index in [2.05, 4.69) is 10.3 Å². The lowest BCUT2D eigenvalue weighted by atomic mass is 10.0. The summed E-state index contributed by atoms with van der Waals surface area (Å²) in [7, 11) is 0. The minimum atomic E-state index is -0.716. The minimum Gasteiger partial charge on any atom is -0.315 e. The summed E-state index contributed by atoms with van der Waals surface area (Å²) in [5.74, 6) is -1.31. The summed E-state index contributed by atoms with van der Waals surface area (Å²) < 4.78 is 0. The highest BCUT2D eigenvalue weighted by Crippen LogP contribution is 2.27. The number of aryl methyl sites for hydroxylation is 1. The van der Waals surface area contributed by atoms with Crippen molar-refractivity contribution < 1.29 is 9.59 Å². The normalized spacial score (nSPS) is 13.4. The quantitative estimate of drug-likeness (QED) is 0.650. The molecular formula is C16H14ClN3O2. The summed E-state index contributed by atoms with van der Waals surface area (Å²) in [5.41, 5.74) is 2.20. The molecule has 0 atom stereocenters. The van der Waals surface area contributed by atoms with Crippen molar-refractivity contribution in [3.05, 3.63) is 53.3 Å². The lowest BCUT2D eigenvalue weighted by Gasteiger charge is -2.28. The number of pyridine rings is 1. The first-order valence-electron chi connectivity index (χ1n) is 6.98. The number of fused-ring (bicyclic) bond motifs is 1. The van der Waals surface area contributed by atoms with Gasteiger partial charge < -0.3 is 10.2 Å². The fourth-order valence-corrected chi connectivity index (χ4v) is 2.69. The number of halogens is 1. The molecular weight excluding hydrogens is 302 g/mol. The van der Waals surface area contributed by atoms with Gasteiger partial charge in [-0.25, -0.2) is 4.98 Å². The van der Waals surface area contributed by atoms with Crippen LogP contribution in [0.1, 0.15) is 12.0 Å². The van der Waals surface area contributed by atoms with Crippen LogP contribution in [0.15, 0.2) is 42.6 Å². The number of nitrogens with one attached hydrogen (secondary N) is 1. The van der Waals surface area contributed by atoms with Gasteiger partial charge in [-0.05, 0) is 36.6 Å². The standard InChI is InChI=1S/C16H14ClN3O2/c17-14-12(7-3-9-18-14)19-15(21)16(22)20-10-4-6-11-5-1-2-8-13(11)20/h1-3,5,7-9H,4,6,10H2,(H,19,21). The average Bonchev–Trinajstić information content (AvgIpc) is 2.55. The van der Waals surface area contributed by atoms with Crippen molar-refractivity contribution in [1.29, 1.82) is 0 Å². The van der Waals surface area contributed by atoms with Crippen LogP contribution in [-0.4, -0.2) is 23.3 Å². The number of aromatic nitrogens is 1. The molecule has 0 aliphatic carbocycles. The molecule has 0 saturated heterocycles. The van der Waals surface area contributed by atoms with E-state index in [0.29, 0.717) is 12.2 Å². The maximum Gasteiger partial charge on any atom is 0.316 e. The van der Waals surface area contributed by atoms with Gasteiger partial charge in [0.2, 0.25) is 0 Å². The van der Waals surface area contributed by atoms with E-state index in [1.54, 1.807) is 12.1 Å². The molecule has 22 heavy (non-hydrogen) atoms. The summed E-state index contributed by atoms with van der Waals surface area (Å²) in [5, 5.41) is 2.67. The number of carbonyl (C=O) groups is 2. The highest BCUT2D eigenvalue weighted by Gasteiger charge is 2.27. The molecule has 1 aromatic heterocycles. The zero-order valence-corrected chi connectivity index (χ0v) is 12.5. The molecule has 1 N–H and O–H groups in total. The van der Waals surface area contributed by atoms with E-state index in [1.807, 2.05) is 24.3 Å². The SMILES string of the molecule is O=C(Nc1cccnc1Cl)C(=O)N1CCCc2ccccc21. The summed E-state index contributed by atoms with van der Waals surface area (Å²) in [6.07, 6.45) is 3.26. The van der Waals surface area contributed by atoms with Gasteiger partial charge in [0.05, 0.1) is 5.69 Å². The lowest BCUT2D eigenvalue weighted by molar-refractivity contribution is -0.134. The van der Waals surface area contributed by atoms with Crippen LogP contribution in [0.3, 0.4) is 0 Å². The second-order valence-electron chi connectivity index (χ2n) is 4.98. The molecule has 0 saturated carbocycles. The Balaban J connectivity index is 1.80. The third kappa shape index (κ3) is 2.80. The Morgan fingerprint density at radius 2 is 2.00 bits per heavy atom. The van der Waals surface area contributed by atoms with Crippen LogP contribution < -0.4 is 10.2 Å². The Morgan fingerprint density at radius 1 is 1.18 bits per heavy atom. The van der Waals surface area contributed by atoms with Crippen LogP contribution in [0.4, 0.5) is 11.4 Å². The zero-order chi connectivity index (χ0) is 15.5. The van der Waals surface area contributed by atoms with Gasteiger partial charge in [0.1, 0.15) is 0 Å². The van der Waals surface area contributed by atoms with Crippen molar-refractivity contribution in [2.45, 2.75) is 12.8 Å². The number of nitrogens with zero attached hydrogens (tertiary/aromatic N) is 2. The Hall–Kier alpha value is -2.40. The summed E-state index contributed by atoms with van der Waals surface area (Å²) in [6, 6.07) is 10.9. The number of carbonyl (C=O) groups excluding carboxylic acids is 2. The van der Waals surface area contributed by atoms with E-state index in [1.165, 1.54) is 11.1 Å². The van der Waals surface area contributed by atoms with Crippen molar-refractivity contribution in [2.24, 2.45) is 0 Å². The maximum absolute atomic E-state index is 12.4. The van der Waals surface area contributed by atoms with Gasteiger partial charge in [0, 0.05) is 18.4 Å². The van der Waals surface area contributed by atoms with Gasteiger partial charge in [-0.3, -0.25) is 9.59 Å². The molecule has 112 valence electrons. The summed E-state index contributed by atoms with van der Waals surface area (Å²) in [6.45, 7) is 0.532. The molecule has 2 amide bonds. The van der Waals surface area contributed by atoms with Crippen LogP contribution in [0.5, 0.6) is 0 Å². The predicted molar refractivity (Wildman–Crippen MR) is 85.0 cm³/mol. The van der Waals surface area contributed by atoms with Crippen LogP contribution in [-0.2, 0) is 16.0 Å². The topological polar surface area (TPSA) is 62.3 Å². The van der Waals surface area contributed by atoms with Gasteiger partial charge in [0.15, 0.2) is 5.15 Å². The molecule has 1 aromatic carbocycles. The zero-order valence-electron chi connectivity index (χ0n) is 11.8. The Labute approximate surface area is 132 Å². The number of hydrogen-bond donors (Lipinski definition) is 1. The molecule has 0 unspecified atom stereocenters. The molecule has 2 aromatic rings. The fourth-order valence-electron chi connectivity index (χ4n) is 2.52. The van der Waals surface area contributed by atoms with Crippen LogP contribution >= 0.6 is 11.6 Å². The lowest BCUT2D eigenvalue weighted by Crippen LogP contribution is -2.42. The third-order valence-electron chi connectivity index (χ3n) is 3.56. The third-order valence-corrected chi connectivity index (χ3v) is 3.86. The average molecular weight is 316 g/mol. The van der Waals surface area contributed by atoms with Crippen molar-refractivity contribution in [1.82, 2.24) is 4.98 Å². The Bertz CT molecular complexity index is 733. The molecule has 5 nitrogen and oxygen atoms in total. The molecule has 2 heterocycles. The van der Waals surface area contributed by atoms with E-state index >= 15 is 0 Å². The fraction of sp³-hybridized carbons (Fsp3) is 0.188. The molecule has 0 bridgehead atoms. The first-order chi connectivity index (χ1) is 10.7. The number of hydrogen-bond acceptors (Lipinski definition) is 3. The molecule has 0 spiro atoms. The van der Waals surface area contributed by atoms with Crippen molar-refractivity contribution >= 4 is 34.8 Å². The number of anilines is 2. The molecule has 0 radical (unpaired) electrons. The maximum atomic E-state index is 12.4. The van der Waals surface area contributed by atoms with Gasteiger partial charge in [-0.15, -0.1) is 0 Å². The minimum absolute atomic E-state index is 0.155. The molecule has 3 rings (SSSR count). The molecule has 6 heteroatoms. The number of para-hydroxylation sites is 1. The van der Waals surface area contributed by atoms with Crippen molar-refractivity contribution in [3.8, 4) is 0 Å². The molecule has 1 aliphatic heterocycles. The van der Waals surface area contributed by atoms with Crippen molar-refractivity contribution in [2.75, 3.05) is 16.8 Å². The predicted octanol–water partition coefficient (Wildman–Crippen LogP) is 2.65. The van der Waals surface area contributed by atoms with Gasteiger partial charge in [0.25, 0.3) is 0 Å². The van der Waals surface area contributed by atoms with E-state index < -0.39 is 11.8 Å². The van der Waals surface area contributed by atoms with E-state index in [-0.39, 0.29) is 5.15 Å². The Kier molecular flexibility index (Phi) is 4.06. The van der Waals surface area contributed by atoms with Gasteiger partial charge in [-0.1, -0.05) is 29.8 Å². The highest BCUT2D eigenvalue weighted by atomic mass is 35.5. The number of rotatable bonds is 1. The first kappa shape index (κ1) is 14.5. The van der Waals surface area contributed by atoms with Crippen LogP contribution in [0, 0.1) is 0 Å².